The Morgan fingerprint density at radius 2 is 1.92 bits per heavy atom. The van der Waals surface area contributed by atoms with Gasteiger partial charge in [-0.1, -0.05) is 19.1 Å². The minimum Gasteiger partial charge on any atom is -0.149 e. The zero-order chi connectivity index (χ0) is 9.10. The summed E-state index contributed by atoms with van der Waals surface area (Å²) in [5, 5.41) is 4.30. The third-order valence-electron chi connectivity index (χ3n) is 2.12. The maximum absolute atomic E-state index is 2.30. The van der Waals surface area contributed by atoms with Gasteiger partial charge in [0.2, 0.25) is 0 Å². The van der Waals surface area contributed by atoms with E-state index in [1.54, 1.807) is 0 Å². The van der Waals surface area contributed by atoms with Gasteiger partial charge in [0.05, 0.1) is 0 Å². The zero-order valence-electron chi connectivity index (χ0n) is 7.57. The van der Waals surface area contributed by atoms with Crippen molar-refractivity contribution in [2.75, 3.05) is 0 Å². The number of hydrogen-bond acceptors (Lipinski definition) is 2. The Morgan fingerprint density at radius 1 is 1.15 bits per heavy atom. The van der Waals surface area contributed by atoms with E-state index in [1.807, 2.05) is 22.7 Å². The molecule has 0 N–H and O–H groups in total. The van der Waals surface area contributed by atoms with Crippen LogP contribution in [0.4, 0.5) is 0 Å². The van der Waals surface area contributed by atoms with Gasteiger partial charge in [-0.2, -0.15) is 0 Å². The second kappa shape index (κ2) is 4.07. The highest BCUT2D eigenvalue weighted by Gasteiger charge is 2.07. The average Bonchev–Trinajstić information content (AvgIpc) is 2.74. The highest BCUT2D eigenvalue weighted by molar-refractivity contribution is 7.10. The van der Waals surface area contributed by atoms with Gasteiger partial charge in [0.25, 0.3) is 0 Å². The number of hydrogen-bond donors (Lipinski definition) is 0. The Bertz CT molecular complexity index is 332. The predicted octanol–water partition coefficient (Wildman–Crippen LogP) is 4.16. The van der Waals surface area contributed by atoms with Crippen LogP contribution >= 0.6 is 22.7 Å². The van der Waals surface area contributed by atoms with Crippen LogP contribution in [0.15, 0.2) is 35.0 Å². The molecule has 0 bridgehead atoms. The molecule has 0 aromatic carbocycles. The lowest BCUT2D eigenvalue weighted by molar-refractivity contribution is 0.785. The molecule has 0 radical (unpaired) electrons. The molecule has 2 aromatic rings. The third kappa shape index (κ3) is 2.20. The topological polar surface area (TPSA) is 0 Å². The minimum absolute atomic E-state index is 0.665. The van der Waals surface area contributed by atoms with Crippen molar-refractivity contribution in [2.24, 2.45) is 0 Å². The molecule has 0 saturated carbocycles. The summed E-state index contributed by atoms with van der Waals surface area (Å²) in [5.74, 6) is 0.665. The smallest absolute Gasteiger partial charge is 0.00770 e. The van der Waals surface area contributed by atoms with E-state index in [4.69, 9.17) is 0 Å². The van der Waals surface area contributed by atoms with Crippen LogP contribution in [0.1, 0.15) is 22.6 Å². The summed E-state index contributed by atoms with van der Waals surface area (Å²) in [5.41, 5.74) is 0. The van der Waals surface area contributed by atoms with Crippen molar-refractivity contribution in [3.05, 3.63) is 44.8 Å². The number of rotatable bonds is 3. The Kier molecular flexibility index (Phi) is 2.81. The van der Waals surface area contributed by atoms with Gasteiger partial charge in [0.15, 0.2) is 0 Å². The van der Waals surface area contributed by atoms with Crippen LogP contribution in [-0.2, 0) is 6.42 Å². The molecule has 0 aliphatic heterocycles. The molecular weight excluding hydrogens is 196 g/mol. The molecule has 2 rings (SSSR count). The summed E-state index contributed by atoms with van der Waals surface area (Å²) in [6.07, 6.45) is 1.18. The first-order valence-electron chi connectivity index (χ1n) is 4.42. The van der Waals surface area contributed by atoms with E-state index in [0.717, 1.165) is 0 Å². The molecule has 0 aliphatic rings. The molecular formula is C11H12S2. The van der Waals surface area contributed by atoms with Crippen molar-refractivity contribution in [3.63, 3.8) is 0 Å². The van der Waals surface area contributed by atoms with Gasteiger partial charge in [-0.25, -0.2) is 0 Å². The van der Waals surface area contributed by atoms with Crippen LogP contribution in [0.2, 0.25) is 0 Å². The van der Waals surface area contributed by atoms with Crippen LogP contribution in [0.3, 0.4) is 0 Å². The zero-order valence-corrected chi connectivity index (χ0v) is 9.20. The first kappa shape index (κ1) is 8.97. The fourth-order valence-corrected chi connectivity index (χ4v) is 3.03. The molecule has 0 spiro atoms. The van der Waals surface area contributed by atoms with Crippen LogP contribution in [0, 0.1) is 0 Å². The SMILES string of the molecule is CC(Cc1cccs1)c1cccs1. The minimum atomic E-state index is 0.665. The van der Waals surface area contributed by atoms with E-state index in [1.165, 1.54) is 16.2 Å². The van der Waals surface area contributed by atoms with Gasteiger partial charge in [0, 0.05) is 9.75 Å². The van der Waals surface area contributed by atoms with Crippen LogP contribution in [0.25, 0.3) is 0 Å². The molecule has 0 amide bonds. The normalized spacial score (nSPS) is 13.0. The van der Waals surface area contributed by atoms with Crippen molar-refractivity contribution in [2.45, 2.75) is 19.3 Å². The molecule has 2 heterocycles. The summed E-state index contributed by atoms with van der Waals surface area (Å²) in [6.45, 7) is 2.30. The first-order valence-corrected chi connectivity index (χ1v) is 6.18. The Hall–Kier alpha value is -0.600. The summed E-state index contributed by atoms with van der Waals surface area (Å²) in [6, 6.07) is 8.70. The fraction of sp³-hybridized carbons (Fsp3) is 0.273. The van der Waals surface area contributed by atoms with E-state index in [-0.39, 0.29) is 0 Å². The summed E-state index contributed by atoms with van der Waals surface area (Å²) >= 11 is 3.71. The lowest BCUT2D eigenvalue weighted by Gasteiger charge is -2.06. The summed E-state index contributed by atoms with van der Waals surface area (Å²) in [4.78, 5) is 2.98. The highest BCUT2D eigenvalue weighted by atomic mass is 32.1. The van der Waals surface area contributed by atoms with Gasteiger partial charge in [-0.05, 0) is 35.2 Å². The lowest BCUT2D eigenvalue weighted by atomic mass is 10.1. The molecule has 2 heteroatoms. The van der Waals surface area contributed by atoms with E-state index >= 15 is 0 Å². The van der Waals surface area contributed by atoms with Crippen molar-refractivity contribution >= 4 is 22.7 Å². The molecule has 0 nitrogen and oxygen atoms in total. The Balaban J connectivity index is 2.04. The van der Waals surface area contributed by atoms with Gasteiger partial charge in [-0.15, -0.1) is 22.7 Å². The summed E-state index contributed by atoms with van der Waals surface area (Å²) in [7, 11) is 0. The van der Waals surface area contributed by atoms with Crippen LogP contribution in [0.5, 0.6) is 0 Å². The standard InChI is InChI=1S/C11H12S2/c1-9(11-5-3-7-13-11)8-10-4-2-6-12-10/h2-7,9H,8H2,1H3. The van der Waals surface area contributed by atoms with Crippen molar-refractivity contribution in [3.8, 4) is 0 Å². The molecule has 0 fully saturated rings. The van der Waals surface area contributed by atoms with Gasteiger partial charge in [-0.3, -0.25) is 0 Å². The maximum Gasteiger partial charge on any atom is 0.00770 e. The lowest BCUT2D eigenvalue weighted by Crippen LogP contribution is -1.93. The Labute approximate surface area is 86.9 Å². The van der Waals surface area contributed by atoms with Crippen molar-refractivity contribution in [1.29, 1.82) is 0 Å². The molecule has 1 unspecified atom stereocenters. The third-order valence-corrected chi connectivity index (χ3v) is 4.12. The van der Waals surface area contributed by atoms with Crippen LogP contribution < -0.4 is 0 Å². The summed E-state index contributed by atoms with van der Waals surface area (Å²) < 4.78 is 0. The van der Waals surface area contributed by atoms with Crippen molar-refractivity contribution in [1.82, 2.24) is 0 Å². The molecule has 0 aliphatic carbocycles. The number of thiophene rings is 2. The quantitative estimate of drug-likeness (QED) is 0.710. The molecule has 2 aromatic heterocycles. The fourth-order valence-electron chi connectivity index (χ4n) is 1.40. The first-order chi connectivity index (χ1) is 6.36. The van der Waals surface area contributed by atoms with E-state index < -0.39 is 0 Å². The predicted molar refractivity (Wildman–Crippen MR) is 60.8 cm³/mol. The molecule has 68 valence electrons. The van der Waals surface area contributed by atoms with E-state index in [2.05, 4.69) is 41.9 Å². The highest BCUT2D eigenvalue weighted by Crippen LogP contribution is 2.25. The molecule has 13 heavy (non-hydrogen) atoms. The van der Waals surface area contributed by atoms with Crippen LogP contribution in [-0.4, -0.2) is 0 Å². The average molecular weight is 208 g/mol. The van der Waals surface area contributed by atoms with Gasteiger partial charge < -0.3 is 0 Å². The van der Waals surface area contributed by atoms with Gasteiger partial charge in [0.1, 0.15) is 0 Å². The van der Waals surface area contributed by atoms with Crippen molar-refractivity contribution < 1.29 is 0 Å². The second-order valence-electron chi connectivity index (χ2n) is 3.20. The molecule has 1 atom stereocenters. The Morgan fingerprint density at radius 3 is 2.54 bits per heavy atom. The van der Waals surface area contributed by atoms with E-state index in [0.29, 0.717) is 5.92 Å². The van der Waals surface area contributed by atoms with E-state index in [9.17, 15) is 0 Å². The second-order valence-corrected chi connectivity index (χ2v) is 5.21. The molecule has 0 saturated heterocycles. The maximum atomic E-state index is 2.30. The van der Waals surface area contributed by atoms with Gasteiger partial charge >= 0.3 is 0 Å². The largest absolute Gasteiger partial charge is 0.149 e. The monoisotopic (exact) mass is 208 g/mol.